The number of dihydropyridines is 1. The van der Waals surface area contributed by atoms with Crippen molar-refractivity contribution in [3.63, 3.8) is 0 Å². The van der Waals surface area contributed by atoms with Crippen molar-refractivity contribution in [1.29, 1.82) is 0 Å². The molecule has 15 heavy (non-hydrogen) atoms. The fourth-order valence-electron chi connectivity index (χ4n) is 1.37. The Morgan fingerprint density at radius 3 is 3.07 bits per heavy atom. The van der Waals surface area contributed by atoms with Gasteiger partial charge in [-0.2, -0.15) is 0 Å². The van der Waals surface area contributed by atoms with Crippen LogP contribution in [0.1, 0.15) is 0 Å². The molecule has 0 aliphatic carbocycles. The zero-order chi connectivity index (χ0) is 10.8. The van der Waals surface area contributed by atoms with Crippen LogP contribution in [-0.2, 0) is 0 Å². The number of hydrogen-bond acceptors (Lipinski definition) is 3. The van der Waals surface area contributed by atoms with Crippen molar-refractivity contribution < 1.29 is 4.39 Å². The highest BCUT2D eigenvalue weighted by Gasteiger charge is 2.11. The number of halogens is 1. The third-order valence-electron chi connectivity index (χ3n) is 2.10. The summed E-state index contributed by atoms with van der Waals surface area (Å²) in [5.74, 6) is -0.344. The highest BCUT2D eigenvalue weighted by atomic mass is 19.1. The first-order valence-electron chi connectivity index (χ1n) is 4.48. The summed E-state index contributed by atoms with van der Waals surface area (Å²) >= 11 is 0. The van der Waals surface area contributed by atoms with Crippen LogP contribution in [0.4, 0.5) is 10.1 Å². The van der Waals surface area contributed by atoms with Gasteiger partial charge in [0.1, 0.15) is 5.82 Å². The minimum absolute atomic E-state index is 0.0918. The second-order valence-electron chi connectivity index (χ2n) is 3.12. The van der Waals surface area contributed by atoms with Gasteiger partial charge in [0.15, 0.2) is 5.83 Å². The maximum atomic E-state index is 13.4. The lowest BCUT2D eigenvalue weighted by Gasteiger charge is -2.15. The molecule has 0 fully saturated rings. The molecule has 2 heterocycles. The molecule has 0 radical (unpaired) electrons. The van der Waals surface area contributed by atoms with E-state index in [9.17, 15) is 9.18 Å². The zero-order valence-electron chi connectivity index (χ0n) is 7.90. The van der Waals surface area contributed by atoms with E-state index in [1.165, 1.54) is 18.3 Å². The van der Waals surface area contributed by atoms with Crippen LogP contribution in [-0.4, -0.2) is 11.1 Å². The Balaban J connectivity index is 2.59. The molecular weight excluding hydrogens is 197 g/mol. The normalized spacial score (nSPS) is 15.3. The Morgan fingerprint density at radius 1 is 1.53 bits per heavy atom. The van der Waals surface area contributed by atoms with Crippen molar-refractivity contribution in [3.8, 4) is 0 Å². The monoisotopic (exact) mass is 207 g/mol. The molecule has 0 unspecified atom stereocenters. The summed E-state index contributed by atoms with van der Waals surface area (Å²) in [6, 6.07) is 3.08. The molecule has 78 valence electrons. The van der Waals surface area contributed by atoms with Crippen LogP contribution in [0.2, 0.25) is 0 Å². The Hall–Kier alpha value is -2.04. The zero-order valence-corrected chi connectivity index (χ0v) is 7.90. The van der Waals surface area contributed by atoms with Crippen molar-refractivity contribution in [2.75, 3.05) is 12.3 Å². The van der Waals surface area contributed by atoms with E-state index in [1.54, 1.807) is 12.1 Å². The van der Waals surface area contributed by atoms with Gasteiger partial charge < -0.3 is 11.1 Å². The number of allylic oxidation sites excluding steroid dienone is 2. The second kappa shape index (κ2) is 3.61. The number of nitrogens with zero attached hydrogens (tertiary/aromatic N) is 1. The van der Waals surface area contributed by atoms with E-state index in [2.05, 4.69) is 5.32 Å². The number of nitrogens with two attached hydrogens (primary N) is 1. The lowest BCUT2D eigenvalue weighted by Crippen LogP contribution is -2.30. The van der Waals surface area contributed by atoms with Gasteiger partial charge in [0, 0.05) is 12.7 Å². The summed E-state index contributed by atoms with van der Waals surface area (Å²) in [5.41, 5.74) is 5.11. The van der Waals surface area contributed by atoms with Gasteiger partial charge in [0.05, 0.1) is 5.69 Å². The minimum atomic E-state index is -0.478. The maximum absolute atomic E-state index is 13.4. The smallest absolute Gasteiger partial charge is 0.279 e. The molecule has 4 nitrogen and oxygen atoms in total. The van der Waals surface area contributed by atoms with Gasteiger partial charge in [-0.3, -0.25) is 9.36 Å². The minimum Gasteiger partial charge on any atom is -0.394 e. The summed E-state index contributed by atoms with van der Waals surface area (Å²) in [5, 5.41) is 2.78. The van der Waals surface area contributed by atoms with Crippen LogP contribution >= 0.6 is 0 Å². The molecule has 3 N–H and O–H groups in total. The topological polar surface area (TPSA) is 60.0 Å². The van der Waals surface area contributed by atoms with E-state index in [0.29, 0.717) is 6.54 Å². The van der Waals surface area contributed by atoms with E-state index in [0.717, 1.165) is 4.57 Å². The van der Waals surface area contributed by atoms with Crippen molar-refractivity contribution in [2.24, 2.45) is 0 Å². The number of nitrogens with one attached hydrogen (secondary N) is 1. The predicted octanol–water partition coefficient (Wildman–Crippen LogP) is 0.686. The quantitative estimate of drug-likeness (QED) is 0.712. The lowest BCUT2D eigenvalue weighted by atomic mass is 10.3. The molecule has 1 aliphatic rings. The SMILES string of the molecule is Nc1cccn(C2=C(F)C=CCN2)c1=O. The molecular formula is C10H10FN3O. The standard InChI is InChI=1S/C10H10FN3O/c11-7-3-1-5-13-9(7)14-6-2-4-8(12)10(14)15/h1-4,6,13H,5,12H2. The third kappa shape index (κ3) is 1.63. The average Bonchev–Trinajstić information content (AvgIpc) is 2.23. The Labute approximate surface area is 85.5 Å². The number of hydrogen-bond donors (Lipinski definition) is 2. The Morgan fingerprint density at radius 2 is 2.33 bits per heavy atom. The van der Waals surface area contributed by atoms with Gasteiger partial charge in [0.25, 0.3) is 5.56 Å². The van der Waals surface area contributed by atoms with Gasteiger partial charge in [-0.05, 0) is 18.2 Å². The second-order valence-corrected chi connectivity index (χ2v) is 3.12. The Bertz CT molecular complexity index is 502. The number of nitrogen functional groups attached to an aromatic ring is 1. The summed E-state index contributed by atoms with van der Waals surface area (Å²) in [6.07, 6.45) is 4.43. The molecule has 0 bridgehead atoms. The van der Waals surface area contributed by atoms with E-state index < -0.39 is 11.4 Å². The molecule has 5 heteroatoms. The summed E-state index contributed by atoms with van der Waals surface area (Å²) in [7, 11) is 0. The fourth-order valence-corrected chi connectivity index (χ4v) is 1.37. The average molecular weight is 207 g/mol. The molecule has 0 saturated carbocycles. The van der Waals surface area contributed by atoms with E-state index in [1.807, 2.05) is 0 Å². The molecule has 0 amide bonds. The highest BCUT2D eigenvalue weighted by molar-refractivity contribution is 5.54. The Kier molecular flexibility index (Phi) is 2.29. The molecule has 1 aromatic rings. The highest BCUT2D eigenvalue weighted by Crippen LogP contribution is 2.12. The summed E-state index contributed by atoms with van der Waals surface area (Å²) < 4.78 is 14.5. The van der Waals surface area contributed by atoms with Crippen LogP contribution < -0.4 is 16.6 Å². The first-order valence-corrected chi connectivity index (χ1v) is 4.48. The van der Waals surface area contributed by atoms with Crippen LogP contribution in [0, 0.1) is 0 Å². The summed E-state index contributed by atoms with van der Waals surface area (Å²) in [4.78, 5) is 11.6. The van der Waals surface area contributed by atoms with Crippen LogP contribution in [0.25, 0.3) is 5.82 Å². The molecule has 0 atom stereocenters. The van der Waals surface area contributed by atoms with E-state index >= 15 is 0 Å². The van der Waals surface area contributed by atoms with Gasteiger partial charge in [-0.25, -0.2) is 4.39 Å². The number of rotatable bonds is 1. The van der Waals surface area contributed by atoms with Crippen LogP contribution in [0.15, 0.2) is 41.1 Å². The molecule has 0 spiro atoms. The first-order chi connectivity index (χ1) is 7.20. The summed E-state index contributed by atoms with van der Waals surface area (Å²) in [6.45, 7) is 0.490. The molecule has 0 saturated heterocycles. The third-order valence-corrected chi connectivity index (χ3v) is 2.10. The largest absolute Gasteiger partial charge is 0.394 e. The van der Waals surface area contributed by atoms with Crippen LogP contribution in [0.5, 0.6) is 0 Å². The number of pyridine rings is 1. The first kappa shape index (κ1) is 9.51. The van der Waals surface area contributed by atoms with Crippen molar-refractivity contribution >= 4 is 11.5 Å². The van der Waals surface area contributed by atoms with Crippen molar-refractivity contribution in [2.45, 2.75) is 0 Å². The van der Waals surface area contributed by atoms with Gasteiger partial charge >= 0.3 is 0 Å². The van der Waals surface area contributed by atoms with Gasteiger partial charge in [-0.1, -0.05) is 6.08 Å². The van der Waals surface area contributed by atoms with E-state index in [-0.39, 0.29) is 11.5 Å². The molecule has 2 rings (SSSR count). The fraction of sp³-hybridized carbons (Fsp3) is 0.100. The molecule has 1 aromatic heterocycles. The predicted molar refractivity (Wildman–Crippen MR) is 56.6 cm³/mol. The number of aromatic nitrogens is 1. The maximum Gasteiger partial charge on any atom is 0.279 e. The number of anilines is 1. The molecule has 1 aliphatic heterocycles. The molecule has 0 aromatic carbocycles. The van der Waals surface area contributed by atoms with Crippen molar-refractivity contribution in [3.05, 3.63) is 46.7 Å². The van der Waals surface area contributed by atoms with Gasteiger partial charge in [-0.15, -0.1) is 0 Å². The lowest BCUT2D eigenvalue weighted by molar-refractivity contribution is 0.639. The van der Waals surface area contributed by atoms with Gasteiger partial charge in [0.2, 0.25) is 0 Å². The van der Waals surface area contributed by atoms with Crippen LogP contribution in [0.3, 0.4) is 0 Å². The van der Waals surface area contributed by atoms with Crippen molar-refractivity contribution in [1.82, 2.24) is 9.88 Å². The van der Waals surface area contributed by atoms with E-state index in [4.69, 9.17) is 5.73 Å².